The van der Waals surface area contributed by atoms with Crippen molar-refractivity contribution in [3.63, 3.8) is 0 Å². The van der Waals surface area contributed by atoms with Crippen LogP contribution in [-0.2, 0) is 14.6 Å². The summed E-state index contributed by atoms with van der Waals surface area (Å²) >= 11 is 3.36. The molecule has 1 aliphatic heterocycles. The van der Waals surface area contributed by atoms with E-state index in [9.17, 15) is 13.2 Å². The van der Waals surface area contributed by atoms with Crippen molar-refractivity contribution in [3.05, 3.63) is 105 Å². The van der Waals surface area contributed by atoms with Crippen LogP contribution in [0.1, 0.15) is 16.5 Å². The maximum absolute atomic E-state index is 13.4. The fourth-order valence-corrected chi connectivity index (χ4v) is 5.40. The van der Waals surface area contributed by atoms with Crippen LogP contribution >= 0.6 is 15.9 Å². The van der Waals surface area contributed by atoms with E-state index < -0.39 is 21.1 Å². The third-order valence-electron chi connectivity index (χ3n) is 4.55. The molecule has 1 aliphatic rings. The molecule has 28 heavy (non-hydrogen) atoms. The number of hydrogen-bond donors (Lipinski definition) is 0. The summed E-state index contributed by atoms with van der Waals surface area (Å²) in [4.78, 5) is 14.4. The van der Waals surface area contributed by atoms with Crippen LogP contribution in [0.5, 0.6) is 0 Å². The van der Waals surface area contributed by atoms with Crippen LogP contribution in [0, 0.1) is 0 Å². The van der Waals surface area contributed by atoms with Crippen LogP contribution < -0.4 is 4.90 Å². The van der Waals surface area contributed by atoms with Gasteiger partial charge in [-0.2, -0.15) is 0 Å². The minimum Gasteiger partial charge on any atom is -0.286 e. The first kappa shape index (κ1) is 18.7. The second-order valence-corrected chi connectivity index (χ2v) is 9.27. The predicted molar refractivity (Wildman–Crippen MR) is 114 cm³/mol. The summed E-state index contributed by atoms with van der Waals surface area (Å²) < 4.78 is 27.7. The first-order chi connectivity index (χ1) is 13.5. The van der Waals surface area contributed by atoms with Gasteiger partial charge in [-0.25, -0.2) is 8.42 Å². The van der Waals surface area contributed by atoms with E-state index in [1.807, 2.05) is 24.3 Å². The van der Waals surface area contributed by atoms with Gasteiger partial charge in [0.15, 0.2) is 5.37 Å². The van der Waals surface area contributed by atoms with Gasteiger partial charge in [-0.05, 0) is 41.5 Å². The van der Waals surface area contributed by atoms with Gasteiger partial charge in [-0.1, -0.05) is 76.6 Å². The van der Waals surface area contributed by atoms with Crippen LogP contribution in [0.25, 0.3) is 6.08 Å². The normalized spacial score (nSPS) is 19.9. The molecule has 4 rings (SSSR count). The third-order valence-corrected chi connectivity index (χ3v) is 7.06. The van der Waals surface area contributed by atoms with Crippen LogP contribution in [0.3, 0.4) is 0 Å². The lowest BCUT2D eigenvalue weighted by atomic mass is 10.1. The van der Waals surface area contributed by atoms with Gasteiger partial charge in [0.1, 0.15) is 4.91 Å². The number of hydrogen-bond acceptors (Lipinski definition) is 3. The molecule has 3 aromatic rings. The van der Waals surface area contributed by atoms with Gasteiger partial charge < -0.3 is 0 Å². The van der Waals surface area contributed by atoms with Crippen molar-refractivity contribution < 1.29 is 13.2 Å². The number of halogens is 1. The lowest BCUT2D eigenvalue weighted by Gasteiger charge is -2.23. The zero-order valence-electron chi connectivity index (χ0n) is 14.7. The summed E-state index contributed by atoms with van der Waals surface area (Å²) in [7, 11) is -3.91. The molecule has 1 unspecified atom stereocenters. The minimum absolute atomic E-state index is 0.201. The molecule has 4 nitrogen and oxygen atoms in total. The molecular formula is C22H16BrNO3S. The Labute approximate surface area is 172 Å². The third kappa shape index (κ3) is 3.30. The van der Waals surface area contributed by atoms with E-state index in [4.69, 9.17) is 0 Å². The van der Waals surface area contributed by atoms with Gasteiger partial charge >= 0.3 is 0 Å². The number of sulfone groups is 1. The molecule has 140 valence electrons. The lowest BCUT2D eigenvalue weighted by molar-refractivity contribution is -0.114. The molecule has 3 aromatic carbocycles. The summed E-state index contributed by atoms with van der Waals surface area (Å²) in [5, 5.41) is -1.09. The maximum Gasteiger partial charge on any atom is 0.271 e. The lowest BCUT2D eigenvalue weighted by Crippen LogP contribution is -2.28. The number of anilines is 1. The molecule has 6 heteroatoms. The standard InChI is InChI=1S/C22H16BrNO3S/c23-18-13-11-16(12-14-18)15-20-21(25)24(19-9-5-2-6-10-19)22(28(20,26)27)17-7-3-1-4-8-17/h1-15,22H. The van der Waals surface area contributed by atoms with E-state index in [1.165, 1.54) is 11.0 Å². The van der Waals surface area contributed by atoms with Crippen LogP contribution in [0.15, 0.2) is 94.3 Å². The van der Waals surface area contributed by atoms with E-state index in [0.29, 0.717) is 16.8 Å². The molecule has 0 saturated carbocycles. The van der Waals surface area contributed by atoms with Crippen molar-refractivity contribution in [3.8, 4) is 0 Å². The van der Waals surface area contributed by atoms with Gasteiger partial charge in [-0.3, -0.25) is 9.69 Å². The topological polar surface area (TPSA) is 54.5 Å². The molecule has 0 aliphatic carbocycles. The quantitative estimate of drug-likeness (QED) is 0.527. The largest absolute Gasteiger partial charge is 0.286 e. The minimum atomic E-state index is -3.91. The van der Waals surface area contributed by atoms with E-state index in [2.05, 4.69) is 15.9 Å². The number of nitrogens with zero attached hydrogens (tertiary/aromatic N) is 1. The van der Waals surface area contributed by atoms with Crippen molar-refractivity contribution >= 4 is 43.4 Å². The average molecular weight is 454 g/mol. The number of carbonyl (C=O) groups excluding carboxylic acids is 1. The van der Waals surface area contributed by atoms with Gasteiger partial charge in [0.05, 0.1) is 0 Å². The van der Waals surface area contributed by atoms with Crippen molar-refractivity contribution in [1.29, 1.82) is 0 Å². The Kier molecular flexibility index (Phi) is 4.91. The van der Waals surface area contributed by atoms with E-state index in [1.54, 1.807) is 60.7 Å². The molecule has 0 N–H and O–H groups in total. The molecule has 0 aromatic heterocycles. The highest BCUT2D eigenvalue weighted by Crippen LogP contribution is 2.43. The molecule has 0 spiro atoms. The SMILES string of the molecule is O=C1C(=Cc2ccc(Br)cc2)S(=O)(=O)C(c2ccccc2)N1c1ccccc1. The smallest absolute Gasteiger partial charge is 0.271 e. The van der Waals surface area contributed by atoms with Crippen LogP contribution in [0.4, 0.5) is 5.69 Å². The number of amides is 1. The Bertz CT molecular complexity index is 1140. The van der Waals surface area contributed by atoms with Crippen molar-refractivity contribution in [2.24, 2.45) is 0 Å². The number of benzene rings is 3. The fraction of sp³-hybridized carbons (Fsp3) is 0.0455. The maximum atomic E-state index is 13.4. The van der Waals surface area contributed by atoms with Crippen molar-refractivity contribution in [2.45, 2.75) is 5.37 Å². The summed E-state index contributed by atoms with van der Waals surface area (Å²) in [5.41, 5.74) is 1.75. The molecule has 1 saturated heterocycles. The molecule has 0 radical (unpaired) electrons. The summed E-state index contributed by atoms with van der Waals surface area (Å²) in [5.74, 6) is -0.525. The molecule has 1 amide bonds. The van der Waals surface area contributed by atoms with Gasteiger partial charge in [0, 0.05) is 10.2 Å². The summed E-state index contributed by atoms with van der Waals surface area (Å²) in [6, 6.07) is 24.9. The second-order valence-electron chi connectivity index (χ2n) is 6.38. The summed E-state index contributed by atoms with van der Waals surface area (Å²) in [6.07, 6.45) is 1.45. The Balaban J connectivity index is 1.90. The highest BCUT2D eigenvalue weighted by atomic mass is 79.9. The number of para-hydroxylation sites is 1. The van der Waals surface area contributed by atoms with Crippen LogP contribution in [0.2, 0.25) is 0 Å². The fourth-order valence-electron chi connectivity index (χ4n) is 3.25. The zero-order chi connectivity index (χ0) is 19.7. The van der Waals surface area contributed by atoms with Crippen molar-refractivity contribution in [1.82, 2.24) is 0 Å². The molecule has 1 fully saturated rings. The molecular weight excluding hydrogens is 438 g/mol. The Hall–Kier alpha value is -2.70. The highest BCUT2D eigenvalue weighted by Gasteiger charge is 2.50. The monoisotopic (exact) mass is 453 g/mol. The van der Waals surface area contributed by atoms with Gasteiger partial charge in [-0.15, -0.1) is 0 Å². The molecule has 1 atom stereocenters. The second kappa shape index (κ2) is 7.37. The Morgan fingerprint density at radius 1 is 0.821 bits per heavy atom. The van der Waals surface area contributed by atoms with Crippen LogP contribution in [-0.4, -0.2) is 14.3 Å². The zero-order valence-corrected chi connectivity index (χ0v) is 17.1. The molecule has 1 heterocycles. The first-order valence-electron chi connectivity index (χ1n) is 8.63. The van der Waals surface area contributed by atoms with E-state index in [-0.39, 0.29) is 4.91 Å². The molecule has 0 bridgehead atoms. The van der Waals surface area contributed by atoms with Crippen molar-refractivity contribution in [2.75, 3.05) is 4.90 Å². The van der Waals surface area contributed by atoms with E-state index >= 15 is 0 Å². The highest BCUT2D eigenvalue weighted by molar-refractivity contribution is 9.10. The Morgan fingerprint density at radius 2 is 1.39 bits per heavy atom. The predicted octanol–water partition coefficient (Wildman–Crippen LogP) is 4.95. The Morgan fingerprint density at radius 3 is 2.00 bits per heavy atom. The van der Waals surface area contributed by atoms with Gasteiger partial charge in [0.2, 0.25) is 9.84 Å². The summed E-state index contributed by atoms with van der Waals surface area (Å²) in [6.45, 7) is 0. The average Bonchev–Trinajstić information content (AvgIpc) is 2.91. The first-order valence-corrected chi connectivity index (χ1v) is 11.0. The number of carbonyl (C=O) groups is 1. The number of rotatable bonds is 3. The van der Waals surface area contributed by atoms with Gasteiger partial charge in [0.25, 0.3) is 5.91 Å². The van der Waals surface area contributed by atoms with E-state index in [0.717, 1.165) is 4.47 Å².